The lowest BCUT2D eigenvalue weighted by atomic mass is 9.86. The Labute approximate surface area is 828 Å². The molecule has 0 atom stereocenters. The van der Waals surface area contributed by atoms with E-state index in [2.05, 4.69) is 113 Å². The van der Waals surface area contributed by atoms with Crippen molar-refractivity contribution in [3.8, 4) is 0 Å². The molecule has 10 aromatic rings. The molecule has 6 aliphatic rings. The number of nitro groups is 5. The number of nitrogens with two attached hydrogens (primary N) is 6. The second-order valence-corrected chi connectivity index (χ2v) is 38.2. The molecule has 5 saturated carbocycles. The van der Waals surface area contributed by atoms with E-state index in [9.17, 15) is 60.2 Å². The number of carbonyl (C=O) groups is 2. The Morgan fingerprint density at radius 2 is 0.766 bits per heavy atom. The summed E-state index contributed by atoms with van der Waals surface area (Å²) in [4.78, 5) is 127. The number of fused-ring (bicyclic) bond motifs is 2. The molecule has 22 N–H and O–H groups in total. The zero-order valence-corrected chi connectivity index (χ0v) is 81.3. The van der Waals surface area contributed by atoms with E-state index in [0.29, 0.717) is 110 Å². The molecule has 2 amide bonds. The number of aromatic nitrogens is 11. The number of benzene rings is 3. The SMILES string of the molecule is CN(C)C(=O)CNc1ncc([N+](=O)[O-])c(NCC2CCC(N)CC2)n1.NC1CCC(CNc2nc(NCC(=O)N3CCCCC3)ncc2[N+](=O)[O-])CC1.NC1CCC(CNc2nc(NCc3csc4ccc(Cl)cc34)ncc2[N+](=O)[O-])CC1.NC1CCC(CNc2nc(NCc3nccc4ccccc34)ncc2[N+](=O)[O-])CC1.Nc1ccc(CNc2ncc([N+](=O)[O-])c(NCC3CCC(N)CC3)n2)c(Cl)c1. The molecule has 16 rings (SSSR count). The fourth-order valence-electron chi connectivity index (χ4n) is 17.2. The number of likely N-dealkylation sites (N-methyl/N-ethyl adjacent to an activating group) is 1. The summed E-state index contributed by atoms with van der Waals surface area (Å²) in [6, 6.07) is 22.3. The van der Waals surface area contributed by atoms with Crippen LogP contribution in [0.3, 0.4) is 0 Å². The number of likely N-dealkylation sites (tertiary alicyclic amines) is 1. The van der Waals surface area contributed by atoms with Crippen molar-refractivity contribution < 1.29 is 34.2 Å². The summed E-state index contributed by atoms with van der Waals surface area (Å²) in [5.41, 5.74) is 38.0. The van der Waals surface area contributed by atoms with Gasteiger partial charge in [-0.15, -0.1) is 11.3 Å². The molecule has 49 heteroatoms. The Morgan fingerprint density at radius 1 is 0.411 bits per heavy atom. The average Bonchev–Trinajstić information content (AvgIpc) is 1.62. The number of rotatable bonds is 35. The number of piperidine rings is 1. The largest absolute Gasteiger partial charge is 0.399 e. The number of thiophene rings is 1. The predicted molar refractivity (Wildman–Crippen MR) is 548 cm³/mol. The number of carbonyl (C=O) groups excluding carboxylic acids is 2. The summed E-state index contributed by atoms with van der Waals surface area (Å²) < 4.78 is 1.15. The first-order chi connectivity index (χ1) is 67.9. The molecule has 1 aliphatic heterocycles. The van der Waals surface area contributed by atoms with Crippen molar-refractivity contribution in [2.24, 2.45) is 58.3 Å². The van der Waals surface area contributed by atoms with Crippen LogP contribution in [0.1, 0.15) is 164 Å². The topological polar surface area (TPSA) is 675 Å². The van der Waals surface area contributed by atoms with Gasteiger partial charge in [-0.2, -0.15) is 24.9 Å². The number of hydrogen-bond acceptors (Lipinski definition) is 40. The second kappa shape index (κ2) is 53.2. The van der Waals surface area contributed by atoms with Crippen molar-refractivity contribution in [3.05, 3.63) is 187 Å². The van der Waals surface area contributed by atoms with E-state index < -0.39 is 24.6 Å². The van der Waals surface area contributed by atoms with E-state index in [-0.39, 0.29) is 130 Å². The van der Waals surface area contributed by atoms with E-state index in [0.717, 1.165) is 205 Å². The van der Waals surface area contributed by atoms with Gasteiger partial charge in [-0.3, -0.25) is 65.1 Å². The van der Waals surface area contributed by atoms with Gasteiger partial charge in [-0.05, 0) is 241 Å². The van der Waals surface area contributed by atoms with Crippen LogP contribution in [0, 0.1) is 80.2 Å². The van der Waals surface area contributed by atoms with Crippen molar-refractivity contribution in [2.75, 3.05) is 132 Å². The Morgan fingerprint density at radius 3 is 1.13 bits per heavy atom. The Balaban J connectivity index is 0.000000158. The standard InChI is InChI=1S/C21H25N7O2.C20H23ClN6O2S.C18H24ClN7O2.C18H29N7O3.C15H25N7O3/c22-16-7-5-14(6-8-16)11-24-20-19(28(29)30)13-26-21(27-20)25-12-18-17-4-2-1-3-15(17)9-10-23-18;21-14-3-6-18-16(7-14)13(11-30-18)9-24-20-25-10-17(27(28)29)19(26-20)23-8-12-1-4-15(22)5-2-12;19-15-7-14(21)6-3-12(15)9-23-18-24-10-16(26(27)28)17(25-18)22-8-11-1-4-13(20)5-2-11;19-14-6-4-13(5-7-14)10-20-17-15(25(27)28)11-21-18(23-17)22-12-16(26)24-8-2-1-3-9-24;1-21(2)13(23)9-19-15-18-8-12(22(24)25)14(20-15)17-7-10-3-5-11(16)6-4-10/h1-4,9-10,13-14,16H,5-8,11-12,22H2,(H2,24,25,26,27);3,6-7,10-12,15H,1-2,4-5,8-9,22H2,(H2,23,24,25,26);3,6-7,10-11,13H,1-2,4-5,8-9,20-21H2,(H2,22,23,24,25);11,13-14H,1-10,12,19H2,(H2,20,21,22,23);8,10-11H,3-7,9,16H2,1-2H3,(H2,17,18,19,20). The van der Waals surface area contributed by atoms with Crippen molar-refractivity contribution >= 4 is 160 Å². The van der Waals surface area contributed by atoms with Crippen molar-refractivity contribution in [2.45, 2.75) is 198 Å². The van der Waals surface area contributed by atoms with Gasteiger partial charge < -0.3 is 97.4 Å². The molecule has 6 fully saturated rings. The zero-order valence-electron chi connectivity index (χ0n) is 79.0. The zero-order chi connectivity index (χ0) is 100. The van der Waals surface area contributed by atoms with Gasteiger partial charge in [0.05, 0.1) is 49.9 Å². The van der Waals surface area contributed by atoms with Crippen molar-refractivity contribution in [1.82, 2.24) is 64.6 Å². The van der Waals surface area contributed by atoms with Gasteiger partial charge in [0, 0.05) is 135 Å². The first-order valence-electron chi connectivity index (χ1n) is 47.6. The quantitative estimate of drug-likeness (QED) is 0.00996. The van der Waals surface area contributed by atoms with Gasteiger partial charge in [0.25, 0.3) is 0 Å². The summed E-state index contributed by atoms with van der Waals surface area (Å²) in [7, 11) is 3.29. The lowest BCUT2D eigenvalue weighted by Gasteiger charge is -2.27. The number of anilines is 11. The molecule has 0 radical (unpaired) electrons. The fourth-order valence-corrected chi connectivity index (χ4v) is 18.6. The van der Waals surface area contributed by atoms with Gasteiger partial charge in [0.1, 0.15) is 31.0 Å². The molecule has 0 unspecified atom stereocenters. The van der Waals surface area contributed by atoms with Crippen LogP contribution in [0.2, 0.25) is 10.0 Å². The van der Waals surface area contributed by atoms with Crippen LogP contribution < -0.4 is 87.6 Å². The first kappa shape index (κ1) is 106. The van der Waals surface area contributed by atoms with Gasteiger partial charge in [0.15, 0.2) is 0 Å². The Kier molecular flexibility index (Phi) is 40.2. The monoisotopic (exact) mass is 2000 g/mol. The van der Waals surface area contributed by atoms with Crippen LogP contribution in [0.4, 0.5) is 93.0 Å². The van der Waals surface area contributed by atoms with Gasteiger partial charge in [0.2, 0.25) is 70.6 Å². The maximum Gasteiger partial charge on any atom is 0.329 e. The molecule has 0 spiro atoms. The number of halogens is 2. The smallest absolute Gasteiger partial charge is 0.329 e. The van der Waals surface area contributed by atoms with Crippen molar-refractivity contribution in [3.63, 3.8) is 0 Å². The van der Waals surface area contributed by atoms with Crippen LogP contribution in [0.25, 0.3) is 20.9 Å². The molecule has 5 aliphatic carbocycles. The van der Waals surface area contributed by atoms with Crippen LogP contribution in [0.15, 0.2) is 109 Å². The minimum Gasteiger partial charge on any atom is -0.399 e. The molecule has 0 bridgehead atoms. The van der Waals surface area contributed by atoms with Crippen LogP contribution in [0.5, 0.6) is 0 Å². The maximum atomic E-state index is 12.3. The minimum atomic E-state index is -0.520. The van der Waals surface area contributed by atoms with Crippen LogP contribution in [-0.4, -0.2) is 204 Å². The normalized spacial score (nSPS) is 19.9. The lowest BCUT2D eigenvalue weighted by molar-refractivity contribution is -0.384. The first-order valence-corrected chi connectivity index (χ1v) is 49.3. The summed E-state index contributed by atoms with van der Waals surface area (Å²) in [6.07, 6.45) is 30.9. The molecule has 8 heterocycles. The number of hydrogen-bond donors (Lipinski definition) is 16. The maximum absolute atomic E-state index is 12.3. The highest BCUT2D eigenvalue weighted by molar-refractivity contribution is 7.17. The average molecular weight is 2000 g/mol. The van der Waals surface area contributed by atoms with E-state index in [1.807, 2.05) is 59.5 Å². The highest BCUT2D eigenvalue weighted by Crippen LogP contribution is 2.36. The third-order valence-corrected chi connectivity index (χ3v) is 27.4. The Bertz CT molecular complexity index is 5830. The summed E-state index contributed by atoms with van der Waals surface area (Å²) in [6.45, 7) is 6.04. The van der Waals surface area contributed by atoms with Gasteiger partial charge in [-0.1, -0.05) is 53.5 Å². The van der Waals surface area contributed by atoms with E-state index in [4.69, 9.17) is 57.6 Å². The van der Waals surface area contributed by atoms with Crippen LogP contribution >= 0.6 is 34.5 Å². The number of nitrogen functional groups attached to an aromatic ring is 1. The van der Waals surface area contributed by atoms with Crippen LogP contribution in [-0.2, 0) is 29.2 Å². The van der Waals surface area contributed by atoms with Crippen molar-refractivity contribution in [1.29, 1.82) is 0 Å². The summed E-state index contributed by atoms with van der Waals surface area (Å²) >= 11 is 13.9. The molecular weight excluding hydrogens is 1880 g/mol. The second-order valence-electron chi connectivity index (χ2n) is 36.5. The Hall–Kier alpha value is -13.5. The lowest BCUT2D eigenvalue weighted by Crippen LogP contribution is -2.39. The summed E-state index contributed by atoms with van der Waals surface area (Å²) in [5, 5.41) is 93.7. The molecule has 7 aromatic heterocycles. The predicted octanol–water partition coefficient (Wildman–Crippen LogP) is 14.0. The number of nitrogens with one attached hydrogen (secondary N) is 10. The number of pyridine rings is 1. The molecule has 756 valence electrons. The van der Waals surface area contributed by atoms with Gasteiger partial charge >= 0.3 is 28.4 Å². The van der Waals surface area contributed by atoms with E-state index in [1.54, 1.807) is 43.8 Å². The molecule has 141 heavy (non-hydrogen) atoms. The third-order valence-electron chi connectivity index (χ3n) is 25.8. The third kappa shape index (κ3) is 33.1. The van der Waals surface area contributed by atoms with Gasteiger partial charge in [-0.25, -0.2) is 24.9 Å². The van der Waals surface area contributed by atoms with E-state index in [1.165, 1.54) is 29.7 Å². The molecule has 3 aromatic carbocycles. The molecular formula is C92H126Cl2N34O12S. The number of amides is 2. The highest BCUT2D eigenvalue weighted by Gasteiger charge is 2.30. The number of nitrogens with zero attached hydrogens (tertiary/aromatic N) is 18. The highest BCUT2D eigenvalue weighted by atomic mass is 35.5. The fraction of sp³-hybridized carbons (Fsp3) is 0.511. The molecule has 1 saturated heterocycles. The minimum absolute atomic E-state index is 0.00490. The summed E-state index contributed by atoms with van der Waals surface area (Å²) in [5.74, 6) is 4.37. The molecule has 46 nitrogen and oxygen atoms in total. The van der Waals surface area contributed by atoms with E-state index >= 15 is 0 Å².